The molecule has 1 atom stereocenters. The monoisotopic (exact) mass is 426 g/mol. The maximum atomic E-state index is 12.8. The fourth-order valence-corrected chi connectivity index (χ4v) is 5.15. The second kappa shape index (κ2) is 8.61. The molecule has 1 saturated heterocycles. The topological polar surface area (TPSA) is 66.5 Å². The van der Waals surface area contributed by atoms with Crippen LogP contribution >= 0.6 is 23.2 Å². The van der Waals surface area contributed by atoms with Gasteiger partial charge in [0.05, 0.1) is 11.7 Å². The molecule has 1 amide bonds. The Hall–Kier alpha value is -1.60. The summed E-state index contributed by atoms with van der Waals surface area (Å²) in [5.41, 5.74) is 1.24. The number of hydrogen-bond donors (Lipinski definition) is 1. The van der Waals surface area contributed by atoms with Crippen molar-refractivity contribution in [1.29, 1.82) is 0 Å². The van der Waals surface area contributed by atoms with Crippen LogP contribution in [0.2, 0.25) is 10.0 Å². The molecule has 0 aromatic heterocycles. The van der Waals surface area contributed by atoms with Gasteiger partial charge in [0.15, 0.2) is 0 Å². The van der Waals surface area contributed by atoms with Gasteiger partial charge in [-0.3, -0.25) is 4.79 Å². The summed E-state index contributed by atoms with van der Waals surface area (Å²) in [4.78, 5) is 12.6. The van der Waals surface area contributed by atoms with E-state index in [0.717, 1.165) is 0 Å². The summed E-state index contributed by atoms with van der Waals surface area (Å²) in [7, 11) is -3.53. The number of hydrogen-bond acceptors (Lipinski definition) is 3. The van der Waals surface area contributed by atoms with Crippen LogP contribution in [0.3, 0.4) is 0 Å². The van der Waals surface area contributed by atoms with Crippen molar-refractivity contribution in [3.05, 3.63) is 64.1 Å². The normalized spacial score (nSPS) is 18.2. The minimum absolute atomic E-state index is 0.129. The highest BCUT2D eigenvalue weighted by molar-refractivity contribution is 7.88. The van der Waals surface area contributed by atoms with E-state index in [2.05, 4.69) is 5.32 Å². The van der Waals surface area contributed by atoms with Crippen molar-refractivity contribution in [3.8, 4) is 0 Å². The van der Waals surface area contributed by atoms with Gasteiger partial charge >= 0.3 is 0 Å². The Morgan fingerprint density at radius 2 is 1.81 bits per heavy atom. The fourth-order valence-electron chi connectivity index (χ4n) is 3.15. The molecule has 1 fully saturated rings. The zero-order valence-corrected chi connectivity index (χ0v) is 16.9. The van der Waals surface area contributed by atoms with Crippen molar-refractivity contribution in [3.63, 3.8) is 0 Å². The van der Waals surface area contributed by atoms with Crippen LogP contribution < -0.4 is 5.32 Å². The molecule has 2 aromatic carbocycles. The van der Waals surface area contributed by atoms with Gasteiger partial charge in [0.2, 0.25) is 15.9 Å². The first kappa shape index (κ1) is 20.1. The first-order chi connectivity index (χ1) is 12.8. The molecule has 27 heavy (non-hydrogen) atoms. The number of benzene rings is 2. The van der Waals surface area contributed by atoms with Crippen molar-refractivity contribution in [1.82, 2.24) is 4.31 Å². The molecule has 1 aliphatic rings. The van der Waals surface area contributed by atoms with Crippen molar-refractivity contribution >= 4 is 44.8 Å². The second-order valence-corrected chi connectivity index (χ2v) is 9.42. The van der Waals surface area contributed by atoms with Crippen LogP contribution in [0.5, 0.6) is 0 Å². The van der Waals surface area contributed by atoms with Gasteiger partial charge in [-0.25, -0.2) is 12.7 Å². The van der Waals surface area contributed by atoms with Crippen molar-refractivity contribution in [2.45, 2.75) is 18.6 Å². The Morgan fingerprint density at radius 1 is 1.11 bits per heavy atom. The maximum absolute atomic E-state index is 12.8. The molecule has 0 radical (unpaired) electrons. The highest BCUT2D eigenvalue weighted by Crippen LogP contribution is 2.24. The van der Waals surface area contributed by atoms with E-state index in [1.807, 2.05) is 0 Å². The van der Waals surface area contributed by atoms with E-state index in [-0.39, 0.29) is 18.2 Å². The summed E-state index contributed by atoms with van der Waals surface area (Å²) in [5.74, 6) is -0.720. The van der Waals surface area contributed by atoms with Crippen LogP contribution in [0.4, 0.5) is 5.69 Å². The highest BCUT2D eigenvalue weighted by atomic mass is 35.5. The number of piperidine rings is 1. The molecule has 144 valence electrons. The van der Waals surface area contributed by atoms with Crippen LogP contribution in [0, 0.1) is 5.92 Å². The third kappa shape index (κ3) is 5.45. The molecule has 0 spiro atoms. The lowest BCUT2D eigenvalue weighted by Crippen LogP contribution is -2.44. The summed E-state index contributed by atoms with van der Waals surface area (Å²) in [5, 5.41) is 3.85. The van der Waals surface area contributed by atoms with Gasteiger partial charge in [-0.15, -0.1) is 0 Å². The third-order valence-electron chi connectivity index (χ3n) is 4.48. The molecule has 2 aromatic rings. The molecule has 5 nitrogen and oxygen atoms in total. The van der Waals surface area contributed by atoms with Gasteiger partial charge in [0.1, 0.15) is 0 Å². The van der Waals surface area contributed by atoms with Crippen LogP contribution in [-0.2, 0) is 20.6 Å². The van der Waals surface area contributed by atoms with Crippen LogP contribution in [0.15, 0.2) is 48.5 Å². The quantitative estimate of drug-likeness (QED) is 0.779. The molecule has 1 heterocycles. The molecule has 0 saturated carbocycles. The van der Waals surface area contributed by atoms with E-state index in [0.29, 0.717) is 40.7 Å². The van der Waals surface area contributed by atoms with Crippen LogP contribution in [0.1, 0.15) is 18.4 Å². The summed E-state index contributed by atoms with van der Waals surface area (Å²) in [6.07, 6.45) is 1.29. The molecule has 3 rings (SSSR count). The molecular weight excluding hydrogens is 407 g/mol. The Labute approximate surface area is 169 Å². The molecule has 0 unspecified atom stereocenters. The fraction of sp³-hybridized carbons (Fsp3) is 0.316. The van der Waals surface area contributed by atoms with E-state index >= 15 is 0 Å². The molecule has 1 N–H and O–H groups in total. The van der Waals surface area contributed by atoms with E-state index in [1.54, 1.807) is 48.5 Å². The first-order valence-corrected chi connectivity index (χ1v) is 11.0. The van der Waals surface area contributed by atoms with Gasteiger partial charge in [-0.05, 0) is 48.7 Å². The first-order valence-electron chi connectivity index (χ1n) is 8.62. The zero-order chi connectivity index (χ0) is 19.4. The number of anilines is 1. The Kier molecular flexibility index (Phi) is 6.42. The number of halogens is 2. The van der Waals surface area contributed by atoms with Gasteiger partial charge in [-0.2, -0.15) is 0 Å². The number of rotatable bonds is 5. The Balaban J connectivity index is 1.66. The number of sulfonamides is 1. The largest absolute Gasteiger partial charge is 0.326 e. The average molecular weight is 427 g/mol. The number of carbonyl (C=O) groups is 1. The lowest BCUT2D eigenvalue weighted by Gasteiger charge is -2.31. The predicted molar refractivity (Wildman–Crippen MR) is 108 cm³/mol. The Morgan fingerprint density at radius 3 is 2.52 bits per heavy atom. The second-order valence-electron chi connectivity index (χ2n) is 6.58. The smallest absolute Gasteiger partial charge is 0.228 e. The lowest BCUT2D eigenvalue weighted by molar-refractivity contribution is -0.120. The molecule has 1 aliphatic heterocycles. The van der Waals surface area contributed by atoms with Crippen LogP contribution in [0.25, 0.3) is 0 Å². The molecule has 0 aliphatic carbocycles. The summed E-state index contributed by atoms with van der Waals surface area (Å²) >= 11 is 11.9. The number of nitrogens with one attached hydrogen (secondary N) is 1. The van der Waals surface area contributed by atoms with Crippen LogP contribution in [-0.4, -0.2) is 31.7 Å². The maximum Gasteiger partial charge on any atom is 0.228 e. The van der Waals surface area contributed by atoms with E-state index in [1.165, 1.54) is 4.31 Å². The standard InChI is InChI=1S/C19H20Cl2N2O3S/c20-16-6-1-4-14(10-16)13-27(25,26)23-9-3-5-15(12-23)19(24)22-18-8-2-7-17(21)11-18/h1-2,4,6-8,10-11,15H,3,5,9,12-13H2,(H,22,24)/t15-/m0/s1. The van der Waals surface area contributed by atoms with Gasteiger partial charge < -0.3 is 5.32 Å². The molecular formula is C19H20Cl2N2O3S. The zero-order valence-electron chi connectivity index (χ0n) is 14.6. The third-order valence-corrected chi connectivity index (χ3v) is 6.77. The minimum atomic E-state index is -3.53. The highest BCUT2D eigenvalue weighted by Gasteiger charge is 2.32. The van der Waals surface area contributed by atoms with Gasteiger partial charge in [0, 0.05) is 28.8 Å². The average Bonchev–Trinajstić information content (AvgIpc) is 2.61. The van der Waals surface area contributed by atoms with E-state index < -0.39 is 15.9 Å². The predicted octanol–water partition coefficient (Wildman–Crippen LogP) is 4.17. The summed E-state index contributed by atoms with van der Waals surface area (Å²) in [6, 6.07) is 13.7. The minimum Gasteiger partial charge on any atom is -0.326 e. The lowest BCUT2D eigenvalue weighted by atomic mass is 9.99. The number of amides is 1. The number of carbonyl (C=O) groups excluding carboxylic acids is 1. The molecule has 8 heteroatoms. The summed E-state index contributed by atoms with van der Waals surface area (Å²) < 4.78 is 26.9. The Bertz CT molecular complexity index is 934. The summed E-state index contributed by atoms with van der Waals surface area (Å²) in [6.45, 7) is 0.596. The van der Waals surface area contributed by atoms with Crippen molar-refractivity contribution in [2.24, 2.45) is 5.92 Å². The van der Waals surface area contributed by atoms with Crippen molar-refractivity contribution < 1.29 is 13.2 Å². The van der Waals surface area contributed by atoms with Crippen molar-refractivity contribution in [2.75, 3.05) is 18.4 Å². The van der Waals surface area contributed by atoms with E-state index in [4.69, 9.17) is 23.2 Å². The van der Waals surface area contributed by atoms with E-state index in [9.17, 15) is 13.2 Å². The van der Waals surface area contributed by atoms with Gasteiger partial charge in [-0.1, -0.05) is 41.4 Å². The number of nitrogens with zero attached hydrogens (tertiary/aromatic N) is 1. The van der Waals surface area contributed by atoms with Gasteiger partial charge in [0.25, 0.3) is 0 Å². The SMILES string of the molecule is O=C(Nc1cccc(Cl)c1)[C@H]1CCCN(S(=O)(=O)Cc2cccc(Cl)c2)C1. The molecule has 0 bridgehead atoms.